The van der Waals surface area contributed by atoms with Crippen LogP contribution in [0, 0.1) is 27.7 Å². The zero-order chi connectivity index (χ0) is 13.4. The SMILES string of the molecule is Cc1ccc(-n2c(C)cc(C(=O)O)c2C)cc1C. The Hall–Kier alpha value is -2.03. The predicted octanol–water partition coefficient (Wildman–Crippen LogP) is 3.41. The third-order valence-corrected chi connectivity index (χ3v) is 3.41. The summed E-state index contributed by atoms with van der Waals surface area (Å²) in [5, 5.41) is 9.14. The van der Waals surface area contributed by atoms with E-state index in [1.165, 1.54) is 11.1 Å². The maximum Gasteiger partial charge on any atom is 0.337 e. The molecule has 0 spiro atoms. The first-order valence-corrected chi connectivity index (χ1v) is 5.91. The Morgan fingerprint density at radius 3 is 2.22 bits per heavy atom. The number of benzene rings is 1. The van der Waals surface area contributed by atoms with Gasteiger partial charge in [0.25, 0.3) is 0 Å². The van der Waals surface area contributed by atoms with E-state index in [1.54, 1.807) is 6.07 Å². The second-order valence-corrected chi connectivity index (χ2v) is 4.69. The van der Waals surface area contributed by atoms with Crippen molar-refractivity contribution >= 4 is 5.97 Å². The quantitative estimate of drug-likeness (QED) is 0.878. The van der Waals surface area contributed by atoms with Crippen molar-refractivity contribution in [2.75, 3.05) is 0 Å². The molecule has 0 unspecified atom stereocenters. The number of aryl methyl sites for hydroxylation is 3. The molecule has 1 aromatic heterocycles. The molecule has 0 saturated carbocycles. The van der Waals surface area contributed by atoms with Crippen molar-refractivity contribution in [3.63, 3.8) is 0 Å². The summed E-state index contributed by atoms with van der Waals surface area (Å²) in [5.74, 6) is -0.877. The standard InChI is InChI=1S/C15H17NO2/c1-9-5-6-13(7-10(9)2)16-11(3)8-14(12(16)4)15(17)18/h5-8H,1-4H3,(H,17,18). The average molecular weight is 243 g/mol. The number of carboxylic acid groups (broad SMARTS) is 1. The number of carbonyl (C=O) groups is 1. The zero-order valence-corrected chi connectivity index (χ0v) is 11.1. The molecule has 2 aromatic rings. The largest absolute Gasteiger partial charge is 0.478 e. The van der Waals surface area contributed by atoms with Crippen molar-refractivity contribution in [2.24, 2.45) is 0 Å². The Morgan fingerprint density at radius 2 is 1.72 bits per heavy atom. The predicted molar refractivity (Wildman–Crippen MR) is 71.7 cm³/mol. The molecule has 3 nitrogen and oxygen atoms in total. The lowest BCUT2D eigenvalue weighted by Crippen LogP contribution is -2.03. The summed E-state index contributed by atoms with van der Waals surface area (Å²) in [7, 11) is 0. The van der Waals surface area contributed by atoms with Crippen LogP contribution in [0.4, 0.5) is 0 Å². The average Bonchev–Trinajstić information content (AvgIpc) is 2.59. The van der Waals surface area contributed by atoms with E-state index in [2.05, 4.69) is 26.0 Å². The van der Waals surface area contributed by atoms with Crippen LogP contribution in [-0.4, -0.2) is 15.6 Å². The van der Waals surface area contributed by atoms with Gasteiger partial charge in [0, 0.05) is 17.1 Å². The molecule has 0 radical (unpaired) electrons. The van der Waals surface area contributed by atoms with Crippen molar-refractivity contribution in [1.82, 2.24) is 4.57 Å². The lowest BCUT2D eigenvalue weighted by Gasteiger charge is -2.11. The number of carboxylic acids is 1. The zero-order valence-electron chi connectivity index (χ0n) is 11.1. The Labute approximate surface area is 107 Å². The van der Waals surface area contributed by atoms with Crippen LogP contribution in [0.25, 0.3) is 5.69 Å². The van der Waals surface area contributed by atoms with Gasteiger partial charge < -0.3 is 9.67 Å². The molecule has 0 aliphatic heterocycles. The van der Waals surface area contributed by atoms with Gasteiger partial charge in [0.2, 0.25) is 0 Å². The molecule has 1 N–H and O–H groups in total. The first kappa shape index (κ1) is 12.4. The van der Waals surface area contributed by atoms with Crippen LogP contribution in [0.2, 0.25) is 0 Å². The van der Waals surface area contributed by atoms with Gasteiger partial charge in [0.05, 0.1) is 5.56 Å². The molecule has 1 aromatic carbocycles. The first-order chi connectivity index (χ1) is 8.41. The molecular formula is C15H17NO2. The summed E-state index contributed by atoms with van der Waals surface area (Å²) in [6.45, 7) is 7.89. The maximum atomic E-state index is 11.1. The van der Waals surface area contributed by atoms with E-state index < -0.39 is 5.97 Å². The molecule has 94 valence electrons. The summed E-state index contributed by atoms with van der Waals surface area (Å²) in [6, 6.07) is 7.88. The number of hydrogen-bond donors (Lipinski definition) is 1. The van der Waals surface area contributed by atoms with Gasteiger partial charge in [-0.1, -0.05) is 6.07 Å². The van der Waals surface area contributed by atoms with E-state index in [9.17, 15) is 4.79 Å². The molecule has 0 atom stereocenters. The molecule has 3 heteroatoms. The highest BCUT2D eigenvalue weighted by Crippen LogP contribution is 2.22. The van der Waals surface area contributed by atoms with Gasteiger partial charge in [-0.2, -0.15) is 0 Å². The summed E-state index contributed by atoms with van der Waals surface area (Å²) in [4.78, 5) is 11.1. The van der Waals surface area contributed by atoms with Gasteiger partial charge in [0.15, 0.2) is 0 Å². The van der Waals surface area contributed by atoms with Crippen LogP contribution in [0.1, 0.15) is 32.9 Å². The van der Waals surface area contributed by atoms with Crippen molar-refractivity contribution in [3.8, 4) is 5.69 Å². The molecule has 0 aliphatic carbocycles. The fraction of sp³-hybridized carbons (Fsp3) is 0.267. The third-order valence-electron chi connectivity index (χ3n) is 3.41. The van der Waals surface area contributed by atoms with E-state index in [0.29, 0.717) is 5.56 Å². The van der Waals surface area contributed by atoms with E-state index in [1.807, 2.05) is 24.5 Å². The minimum atomic E-state index is -0.877. The van der Waals surface area contributed by atoms with E-state index in [-0.39, 0.29) is 0 Å². The number of hydrogen-bond acceptors (Lipinski definition) is 1. The van der Waals surface area contributed by atoms with E-state index in [4.69, 9.17) is 5.11 Å². The Balaban J connectivity index is 2.64. The van der Waals surface area contributed by atoms with Gasteiger partial charge in [-0.05, 0) is 57.0 Å². The Bertz CT molecular complexity index is 624. The fourth-order valence-corrected chi connectivity index (χ4v) is 2.24. The molecule has 0 saturated heterocycles. The van der Waals surface area contributed by atoms with Crippen LogP contribution < -0.4 is 0 Å². The van der Waals surface area contributed by atoms with Crippen LogP contribution in [0.5, 0.6) is 0 Å². The first-order valence-electron chi connectivity index (χ1n) is 5.91. The molecule has 0 fully saturated rings. The molecule has 18 heavy (non-hydrogen) atoms. The monoisotopic (exact) mass is 243 g/mol. The molecule has 2 rings (SSSR count). The minimum Gasteiger partial charge on any atom is -0.478 e. The van der Waals surface area contributed by atoms with Gasteiger partial charge in [0.1, 0.15) is 0 Å². The number of nitrogens with zero attached hydrogens (tertiary/aromatic N) is 1. The van der Waals surface area contributed by atoms with Crippen molar-refractivity contribution in [2.45, 2.75) is 27.7 Å². The second-order valence-electron chi connectivity index (χ2n) is 4.69. The minimum absolute atomic E-state index is 0.366. The van der Waals surface area contributed by atoms with E-state index in [0.717, 1.165) is 17.1 Å². The fourth-order valence-electron chi connectivity index (χ4n) is 2.24. The van der Waals surface area contributed by atoms with Gasteiger partial charge in [-0.3, -0.25) is 0 Å². The van der Waals surface area contributed by atoms with Crippen LogP contribution in [0.15, 0.2) is 24.3 Å². The summed E-state index contributed by atoms with van der Waals surface area (Å²) in [6.07, 6.45) is 0. The number of aromatic carboxylic acids is 1. The van der Waals surface area contributed by atoms with Gasteiger partial charge in [-0.15, -0.1) is 0 Å². The Kier molecular flexibility index (Phi) is 2.99. The van der Waals surface area contributed by atoms with Gasteiger partial charge in [-0.25, -0.2) is 4.79 Å². The van der Waals surface area contributed by atoms with Crippen LogP contribution in [0.3, 0.4) is 0 Å². The maximum absolute atomic E-state index is 11.1. The molecular weight excluding hydrogens is 226 g/mol. The molecule has 0 aliphatic rings. The van der Waals surface area contributed by atoms with Crippen molar-refractivity contribution < 1.29 is 9.90 Å². The van der Waals surface area contributed by atoms with E-state index >= 15 is 0 Å². The normalized spacial score (nSPS) is 10.7. The number of rotatable bonds is 2. The lowest BCUT2D eigenvalue weighted by molar-refractivity contribution is 0.0696. The van der Waals surface area contributed by atoms with Gasteiger partial charge >= 0.3 is 5.97 Å². The Morgan fingerprint density at radius 1 is 1.06 bits per heavy atom. The topological polar surface area (TPSA) is 42.2 Å². The number of aromatic nitrogens is 1. The van der Waals surface area contributed by atoms with Crippen LogP contribution in [-0.2, 0) is 0 Å². The highest BCUT2D eigenvalue weighted by atomic mass is 16.4. The highest BCUT2D eigenvalue weighted by molar-refractivity contribution is 5.89. The smallest absolute Gasteiger partial charge is 0.337 e. The summed E-state index contributed by atoms with van der Waals surface area (Å²) >= 11 is 0. The molecule has 0 bridgehead atoms. The summed E-state index contributed by atoms with van der Waals surface area (Å²) < 4.78 is 1.98. The molecule has 1 heterocycles. The third kappa shape index (κ3) is 1.92. The van der Waals surface area contributed by atoms with Crippen molar-refractivity contribution in [3.05, 3.63) is 52.3 Å². The lowest BCUT2D eigenvalue weighted by atomic mass is 10.1. The highest BCUT2D eigenvalue weighted by Gasteiger charge is 2.15. The summed E-state index contributed by atoms with van der Waals surface area (Å²) in [5.41, 5.74) is 5.53. The van der Waals surface area contributed by atoms with Crippen LogP contribution >= 0.6 is 0 Å². The van der Waals surface area contributed by atoms with Crippen molar-refractivity contribution in [1.29, 1.82) is 0 Å². The second kappa shape index (κ2) is 4.33. The molecule has 0 amide bonds.